The van der Waals surface area contributed by atoms with Gasteiger partial charge in [0, 0.05) is 29.9 Å². The molecule has 1 aliphatic rings. The number of guanidine groups is 1. The highest BCUT2D eigenvalue weighted by atomic mass is 16.2. The molecular formula is C16H17N5O. The molecule has 1 fully saturated rings. The van der Waals surface area contributed by atoms with Crippen molar-refractivity contribution in [1.29, 1.82) is 5.41 Å². The number of carbonyl (C=O) groups excluding carboxylic acids is 1. The minimum atomic E-state index is -0.641. The molecule has 0 spiro atoms. The standard InChI is InChI=1S/C16H17N5O/c1-4-5-10-6-11-7-12(19-14(11)18-9-10)16(2)8-13(22)21(3)15(17)20-16/h6-7,9H,8H2,1-3H3,(H2,17,20)(H,18,19)/t16-/m0/s1. The van der Waals surface area contributed by atoms with Gasteiger partial charge in [0.25, 0.3) is 0 Å². The maximum Gasteiger partial charge on any atom is 0.231 e. The van der Waals surface area contributed by atoms with E-state index in [4.69, 9.17) is 5.41 Å². The van der Waals surface area contributed by atoms with Crippen LogP contribution in [0.2, 0.25) is 0 Å². The van der Waals surface area contributed by atoms with Gasteiger partial charge in [0.2, 0.25) is 5.91 Å². The average molecular weight is 295 g/mol. The Balaban J connectivity index is 2.03. The Kier molecular flexibility index (Phi) is 3.14. The van der Waals surface area contributed by atoms with Crippen molar-refractivity contribution in [3.05, 3.63) is 29.6 Å². The number of nitrogens with one attached hydrogen (secondary N) is 3. The van der Waals surface area contributed by atoms with E-state index < -0.39 is 5.54 Å². The normalized spacial score (nSPS) is 21.5. The Morgan fingerprint density at radius 1 is 1.45 bits per heavy atom. The number of amides is 1. The number of rotatable bonds is 1. The molecular weight excluding hydrogens is 278 g/mol. The van der Waals surface area contributed by atoms with Crippen LogP contribution in [0.15, 0.2) is 18.3 Å². The predicted molar refractivity (Wildman–Crippen MR) is 84.2 cm³/mol. The zero-order valence-corrected chi connectivity index (χ0v) is 12.7. The van der Waals surface area contributed by atoms with Gasteiger partial charge in [0.1, 0.15) is 5.65 Å². The fourth-order valence-electron chi connectivity index (χ4n) is 2.62. The van der Waals surface area contributed by atoms with E-state index in [9.17, 15) is 4.79 Å². The fourth-order valence-corrected chi connectivity index (χ4v) is 2.62. The topological polar surface area (TPSA) is 84.9 Å². The van der Waals surface area contributed by atoms with E-state index >= 15 is 0 Å². The van der Waals surface area contributed by atoms with Crippen LogP contribution in [0.4, 0.5) is 0 Å². The van der Waals surface area contributed by atoms with Crippen molar-refractivity contribution in [3.63, 3.8) is 0 Å². The second-order valence-corrected chi connectivity index (χ2v) is 5.66. The van der Waals surface area contributed by atoms with E-state index in [1.807, 2.05) is 19.1 Å². The van der Waals surface area contributed by atoms with Crippen LogP contribution in [0.3, 0.4) is 0 Å². The van der Waals surface area contributed by atoms with Gasteiger partial charge in [-0.3, -0.25) is 15.1 Å². The van der Waals surface area contributed by atoms with Crippen molar-refractivity contribution in [1.82, 2.24) is 20.2 Å². The van der Waals surface area contributed by atoms with E-state index in [1.165, 1.54) is 4.90 Å². The van der Waals surface area contributed by atoms with Gasteiger partial charge in [-0.1, -0.05) is 5.92 Å². The maximum absolute atomic E-state index is 12.0. The summed E-state index contributed by atoms with van der Waals surface area (Å²) in [6, 6.07) is 3.92. The molecule has 3 rings (SSSR count). The summed E-state index contributed by atoms with van der Waals surface area (Å²) < 4.78 is 0. The predicted octanol–water partition coefficient (Wildman–Crippen LogP) is 1.54. The summed E-state index contributed by atoms with van der Waals surface area (Å²) in [5, 5.41) is 11.9. The molecule has 6 nitrogen and oxygen atoms in total. The van der Waals surface area contributed by atoms with Gasteiger partial charge in [-0.2, -0.15) is 0 Å². The molecule has 2 aromatic rings. The van der Waals surface area contributed by atoms with Crippen molar-refractivity contribution in [2.75, 3.05) is 7.05 Å². The highest BCUT2D eigenvalue weighted by molar-refractivity contribution is 5.99. The van der Waals surface area contributed by atoms with Crippen LogP contribution in [0.25, 0.3) is 11.0 Å². The fraction of sp³-hybridized carbons (Fsp3) is 0.312. The zero-order chi connectivity index (χ0) is 15.9. The number of hydrogen-bond donors (Lipinski definition) is 3. The number of carbonyl (C=O) groups is 1. The van der Waals surface area contributed by atoms with Gasteiger partial charge in [-0.25, -0.2) is 4.98 Å². The smallest absolute Gasteiger partial charge is 0.231 e. The molecule has 6 heteroatoms. The second-order valence-electron chi connectivity index (χ2n) is 5.66. The van der Waals surface area contributed by atoms with E-state index in [1.54, 1.807) is 20.2 Å². The average Bonchev–Trinajstić information content (AvgIpc) is 2.89. The first-order valence-corrected chi connectivity index (χ1v) is 6.98. The van der Waals surface area contributed by atoms with Crippen molar-refractivity contribution in [2.45, 2.75) is 25.8 Å². The summed E-state index contributed by atoms with van der Waals surface area (Å²) in [7, 11) is 1.60. The van der Waals surface area contributed by atoms with Crippen LogP contribution in [-0.4, -0.2) is 33.8 Å². The molecule has 2 aromatic heterocycles. The molecule has 1 amide bonds. The Morgan fingerprint density at radius 3 is 2.91 bits per heavy atom. The Labute approximate surface area is 128 Å². The molecule has 0 saturated carbocycles. The lowest BCUT2D eigenvalue weighted by atomic mass is 9.91. The maximum atomic E-state index is 12.0. The van der Waals surface area contributed by atoms with Crippen molar-refractivity contribution < 1.29 is 4.79 Å². The SMILES string of the molecule is CC#Cc1cnc2[nH]c([C@]3(C)CC(=O)N(C)C(=N)N3)cc2c1. The molecule has 112 valence electrons. The molecule has 1 aliphatic heterocycles. The molecule has 0 bridgehead atoms. The number of aromatic nitrogens is 2. The van der Waals surface area contributed by atoms with Gasteiger partial charge >= 0.3 is 0 Å². The minimum absolute atomic E-state index is 0.0876. The number of pyridine rings is 1. The molecule has 0 aliphatic carbocycles. The lowest BCUT2D eigenvalue weighted by Crippen LogP contribution is -2.58. The molecule has 0 radical (unpaired) electrons. The largest absolute Gasteiger partial charge is 0.345 e. The van der Waals surface area contributed by atoms with Gasteiger partial charge in [-0.05, 0) is 26.0 Å². The van der Waals surface area contributed by atoms with Gasteiger partial charge in [0.05, 0.1) is 12.0 Å². The lowest BCUT2D eigenvalue weighted by Gasteiger charge is -2.38. The molecule has 0 aromatic carbocycles. The third kappa shape index (κ3) is 2.21. The Morgan fingerprint density at radius 2 is 2.23 bits per heavy atom. The first-order valence-electron chi connectivity index (χ1n) is 6.98. The highest BCUT2D eigenvalue weighted by Crippen LogP contribution is 2.30. The highest BCUT2D eigenvalue weighted by Gasteiger charge is 2.39. The van der Waals surface area contributed by atoms with Gasteiger partial charge in [-0.15, -0.1) is 5.92 Å². The van der Waals surface area contributed by atoms with Crippen LogP contribution in [-0.2, 0) is 10.3 Å². The van der Waals surface area contributed by atoms with Crippen LogP contribution < -0.4 is 5.32 Å². The first-order chi connectivity index (χ1) is 10.4. The van der Waals surface area contributed by atoms with E-state index in [2.05, 4.69) is 27.1 Å². The van der Waals surface area contributed by atoms with Crippen LogP contribution in [0.5, 0.6) is 0 Å². The summed E-state index contributed by atoms with van der Waals surface area (Å²) in [5.41, 5.74) is 1.80. The van der Waals surface area contributed by atoms with Crippen molar-refractivity contribution >= 4 is 22.9 Å². The third-order valence-corrected chi connectivity index (χ3v) is 3.94. The Hall–Kier alpha value is -2.81. The summed E-state index contributed by atoms with van der Waals surface area (Å²) in [4.78, 5) is 21.0. The number of aromatic amines is 1. The molecule has 1 saturated heterocycles. The second kappa shape index (κ2) is 4.88. The number of hydrogen-bond acceptors (Lipinski definition) is 3. The van der Waals surface area contributed by atoms with Crippen LogP contribution >= 0.6 is 0 Å². The number of nitrogens with zero attached hydrogens (tertiary/aromatic N) is 2. The summed E-state index contributed by atoms with van der Waals surface area (Å²) in [5.74, 6) is 5.85. The summed E-state index contributed by atoms with van der Waals surface area (Å²) in [6.45, 7) is 3.69. The van der Waals surface area contributed by atoms with Crippen LogP contribution in [0, 0.1) is 17.3 Å². The van der Waals surface area contributed by atoms with Crippen molar-refractivity contribution in [2.24, 2.45) is 0 Å². The summed E-state index contributed by atoms with van der Waals surface area (Å²) >= 11 is 0. The monoisotopic (exact) mass is 295 g/mol. The zero-order valence-electron chi connectivity index (χ0n) is 12.7. The van der Waals surface area contributed by atoms with Crippen LogP contribution in [0.1, 0.15) is 31.5 Å². The molecule has 3 heterocycles. The van der Waals surface area contributed by atoms with Gasteiger partial charge in [0.15, 0.2) is 5.96 Å². The van der Waals surface area contributed by atoms with E-state index in [0.717, 1.165) is 22.3 Å². The molecule has 0 unspecified atom stereocenters. The minimum Gasteiger partial charge on any atom is -0.345 e. The van der Waals surface area contributed by atoms with E-state index in [-0.39, 0.29) is 18.3 Å². The van der Waals surface area contributed by atoms with Crippen molar-refractivity contribution in [3.8, 4) is 11.8 Å². The first kappa shape index (κ1) is 14.1. The molecule has 3 N–H and O–H groups in total. The molecule has 1 atom stereocenters. The third-order valence-electron chi connectivity index (χ3n) is 3.94. The quantitative estimate of drug-likeness (QED) is 0.698. The number of H-pyrrole nitrogens is 1. The number of fused-ring (bicyclic) bond motifs is 1. The van der Waals surface area contributed by atoms with E-state index in [0.29, 0.717) is 0 Å². The Bertz CT molecular complexity index is 821. The lowest BCUT2D eigenvalue weighted by molar-refractivity contribution is -0.129. The van der Waals surface area contributed by atoms with Gasteiger partial charge < -0.3 is 10.3 Å². The molecule has 22 heavy (non-hydrogen) atoms. The summed E-state index contributed by atoms with van der Waals surface area (Å²) in [6.07, 6.45) is 2.00.